The fourth-order valence-corrected chi connectivity index (χ4v) is 4.09. The number of carbonyl (C=O) groups excluding carboxylic acids is 2. The van der Waals surface area contributed by atoms with Gasteiger partial charge < -0.3 is 5.32 Å². The SMILES string of the molecule is C=C1c2ccccc2C(=O)N1C(C)C(=O)NC1CCN(Cc2ccccc2)C1. The van der Waals surface area contributed by atoms with E-state index in [-0.39, 0.29) is 17.9 Å². The number of fused-ring (bicyclic) bond motifs is 1. The van der Waals surface area contributed by atoms with Crippen LogP contribution in [0.5, 0.6) is 0 Å². The van der Waals surface area contributed by atoms with Crippen LogP contribution < -0.4 is 5.32 Å². The van der Waals surface area contributed by atoms with E-state index in [1.165, 1.54) is 10.5 Å². The molecule has 0 aromatic heterocycles. The van der Waals surface area contributed by atoms with Crippen molar-refractivity contribution >= 4 is 17.5 Å². The lowest BCUT2D eigenvalue weighted by Crippen LogP contribution is -2.48. The number of likely N-dealkylation sites (tertiary alicyclic amines) is 1. The summed E-state index contributed by atoms with van der Waals surface area (Å²) in [6.07, 6.45) is 0.917. The van der Waals surface area contributed by atoms with E-state index in [9.17, 15) is 9.59 Å². The van der Waals surface area contributed by atoms with Crippen LogP contribution in [0.4, 0.5) is 0 Å². The Balaban J connectivity index is 1.36. The van der Waals surface area contributed by atoms with Gasteiger partial charge in [-0.15, -0.1) is 0 Å². The summed E-state index contributed by atoms with van der Waals surface area (Å²) in [5.74, 6) is -0.283. The molecule has 28 heavy (non-hydrogen) atoms. The van der Waals surface area contributed by atoms with Crippen molar-refractivity contribution < 1.29 is 9.59 Å². The third-order valence-corrected chi connectivity index (χ3v) is 5.61. The van der Waals surface area contributed by atoms with Gasteiger partial charge in [0, 0.05) is 42.5 Å². The van der Waals surface area contributed by atoms with Gasteiger partial charge in [-0.25, -0.2) is 0 Å². The van der Waals surface area contributed by atoms with Crippen LogP contribution in [0, 0.1) is 0 Å². The van der Waals surface area contributed by atoms with E-state index in [2.05, 4.69) is 28.9 Å². The Hall–Kier alpha value is -2.92. The van der Waals surface area contributed by atoms with Crippen LogP contribution in [0.15, 0.2) is 61.2 Å². The van der Waals surface area contributed by atoms with Crippen molar-refractivity contribution in [2.75, 3.05) is 13.1 Å². The molecule has 0 spiro atoms. The lowest BCUT2D eigenvalue weighted by molar-refractivity contribution is -0.124. The number of nitrogens with one attached hydrogen (secondary N) is 1. The van der Waals surface area contributed by atoms with Crippen LogP contribution in [0.2, 0.25) is 0 Å². The predicted octanol–water partition coefficient (Wildman–Crippen LogP) is 2.89. The number of hydrogen-bond donors (Lipinski definition) is 1. The highest BCUT2D eigenvalue weighted by molar-refractivity contribution is 6.10. The molecule has 2 aromatic rings. The van der Waals surface area contributed by atoms with Crippen molar-refractivity contribution in [1.82, 2.24) is 15.1 Å². The zero-order valence-corrected chi connectivity index (χ0v) is 16.1. The van der Waals surface area contributed by atoms with Gasteiger partial charge in [-0.3, -0.25) is 19.4 Å². The molecule has 2 heterocycles. The molecule has 0 bridgehead atoms. The molecule has 2 aliphatic heterocycles. The van der Waals surface area contributed by atoms with Gasteiger partial charge in [0.1, 0.15) is 6.04 Å². The summed E-state index contributed by atoms with van der Waals surface area (Å²) in [6, 6.07) is 17.2. The maximum Gasteiger partial charge on any atom is 0.259 e. The van der Waals surface area contributed by atoms with E-state index >= 15 is 0 Å². The molecule has 0 aliphatic carbocycles. The fraction of sp³-hybridized carbons (Fsp3) is 0.304. The first-order valence-corrected chi connectivity index (χ1v) is 9.73. The summed E-state index contributed by atoms with van der Waals surface area (Å²) in [6.45, 7) is 8.47. The van der Waals surface area contributed by atoms with E-state index in [1.807, 2.05) is 36.4 Å². The zero-order chi connectivity index (χ0) is 19.7. The normalized spacial score (nSPS) is 20.3. The van der Waals surface area contributed by atoms with Crippen molar-refractivity contribution in [3.05, 3.63) is 77.9 Å². The van der Waals surface area contributed by atoms with E-state index in [0.29, 0.717) is 11.3 Å². The monoisotopic (exact) mass is 375 g/mol. The minimum absolute atomic E-state index is 0.104. The second-order valence-corrected chi connectivity index (χ2v) is 7.56. The maximum atomic E-state index is 12.8. The Bertz CT molecular complexity index is 874. The molecule has 1 fully saturated rings. The summed E-state index contributed by atoms with van der Waals surface area (Å²) < 4.78 is 0. The van der Waals surface area contributed by atoms with Gasteiger partial charge in [0.05, 0.1) is 0 Å². The smallest absolute Gasteiger partial charge is 0.259 e. The molecule has 2 atom stereocenters. The number of amides is 2. The molecule has 5 heteroatoms. The van der Waals surface area contributed by atoms with Crippen LogP contribution in [-0.2, 0) is 11.3 Å². The van der Waals surface area contributed by atoms with Crippen LogP contribution in [-0.4, -0.2) is 46.8 Å². The number of carbonyl (C=O) groups is 2. The standard InChI is InChI=1S/C23H25N3O2/c1-16-20-10-6-7-11-21(20)23(28)26(16)17(2)22(27)24-19-12-13-25(15-19)14-18-8-4-3-5-9-18/h3-11,17,19H,1,12-15H2,2H3,(H,24,27). The molecule has 1 N–H and O–H groups in total. The third kappa shape index (κ3) is 3.45. The Kier molecular flexibility index (Phi) is 5.01. The van der Waals surface area contributed by atoms with Gasteiger partial charge in [-0.1, -0.05) is 55.1 Å². The second-order valence-electron chi connectivity index (χ2n) is 7.56. The van der Waals surface area contributed by atoms with Gasteiger partial charge in [0.2, 0.25) is 5.91 Å². The zero-order valence-electron chi connectivity index (χ0n) is 16.1. The fourth-order valence-electron chi connectivity index (χ4n) is 4.09. The molecule has 2 aromatic carbocycles. The number of rotatable bonds is 5. The van der Waals surface area contributed by atoms with Crippen LogP contribution in [0.3, 0.4) is 0 Å². The quantitative estimate of drug-likeness (QED) is 0.874. The molecule has 4 rings (SSSR count). The predicted molar refractivity (Wildman–Crippen MR) is 109 cm³/mol. The third-order valence-electron chi connectivity index (χ3n) is 5.61. The molecule has 2 aliphatic rings. The first-order chi connectivity index (χ1) is 13.5. The first-order valence-electron chi connectivity index (χ1n) is 9.73. The largest absolute Gasteiger partial charge is 0.350 e. The molecular weight excluding hydrogens is 350 g/mol. The topological polar surface area (TPSA) is 52.7 Å². The van der Waals surface area contributed by atoms with Crippen molar-refractivity contribution in [3.8, 4) is 0 Å². The molecule has 5 nitrogen and oxygen atoms in total. The average Bonchev–Trinajstić information content (AvgIpc) is 3.24. The van der Waals surface area contributed by atoms with Gasteiger partial charge in [0.15, 0.2) is 0 Å². The van der Waals surface area contributed by atoms with Gasteiger partial charge in [0.25, 0.3) is 5.91 Å². The number of hydrogen-bond acceptors (Lipinski definition) is 3. The second kappa shape index (κ2) is 7.60. The number of benzene rings is 2. The highest BCUT2D eigenvalue weighted by Crippen LogP contribution is 2.32. The molecule has 2 unspecified atom stereocenters. The summed E-state index contributed by atoms with van der Waals surface area (Å²) in [5, 5.41) is 3.12. The van der Waals surface area contributed by atoms with E-state index in [1.54, 1.807) is 13.0 Å². The molecule has 0 radical (unpaired) electrons. The Labute approximate surface area is 165 Å². The average molecular weight is 375 g/mol. The molecule has 0 saturated carbocycles. The van der Waals surface area contributed by atoms with Crippen molar-refractivity contribution in [3.63, 3.8) is 0 Å². The van der Waals surface area contributed by atoms with Gasteiger partial charge in [-0.2, -0.15) is 0 Å². The van der Waals surface area contributed by atoms with E-state index in [0.717, 1.165) is 31.6 Å². The molecule has 144 valence electrons. The minimum atomic E-state index is -0.587. The van der Waals surface area contributed by atoms with Gasteiger partial charge >= 0.3 is 0 Å². The highest BCUT2D eigenvalue weighted by Gasteiger charge is 2.37. The Morgan fingerprint density at radius 3 is 2.54 bits per heavy atom. The van der Waals surface area contributed by atoms with E-state index in [4.69, 9.17) is 0 Å². The number of nitrogens with zero attached hydrogens (tertiary/aromatic N) is 2. The van der Waals surface area contributed by atoms with Crippen molar-refractivity contribution in [2.45, 2.75) is 32.0 Å². The molecule has 1 saturated heterocycles. The van der Waals surface area contributed by atoms with Crippen molar-refractivity contribution in [2.24, 2.45) is 0 Å². The maximum absolute atomic E-state index is 12.8. The highest BCUT2D eigenvalue weighted by atomic mass is 16.2. The lowest BCUT2D eigenvalue weighted by atomic mass is 10.1. The Morgan fingerprint density at radius 1 is 1.14 bits per heavy atom. The Morgan fingerprint density at radius 2 is 1.82 bits per heavy atom. The summed E-state index contributed by atoms with van der Waals surface area (Å²) in [7, 11) is 0. The minimum Gasteiger partial charge on any atom is -0.350 e. The van der Waals surface area contributed by atoms with E-state index < -0.39 is 6.04 Å². The lowest BCUT2D eigenvalue weighted by Gasteiger charge is -2.26. The van der Waals surface area contributed by atoms with Crippen LogP contribution in [0.25, 0.3) is 5.70 Å². The molecule has 2 amide bonds. The van der Waals surface area contributed by atoms with Gasteiger partial charge in [-0.05, 0) is 25.0 Å². The summed E-state index contributed by atoms with van der Waals surface area (Å²) >= 11 is 0. The summed E-state index contributed by atoms with van der Waals surface area (Å²) in [4.78, 5) is 29.4. The van der Waals surface area contributed by atoms with Crippen molar-refractivity contribution in [1.29, 1.82) is 0 Å². The molecular formula is C23H25N3O2. The summed E-state index contributed by atoms with van der Waals surface area (Å²) in [5.41, 5.74) is 3.30. The van der Waals surface area contributed by atoms with Crippen LogP contribution in [0.1, 0.15) is 34.8 Å². The van der Waals surface area contributed by atoms with Crippen LogP contribution >= 0.6 is 0 Å². The first kappa shape index (κ1) is 18.4.